The molecule has 7 N–H and O–H groups in total. The maximum absolute atomic E-state index is 14.6. The summed E-state index contributed by atoms with van der Waals surface area (Å²) in [4.78, 5) is 46.5. The first kappa shape index (κ1) is 39.3. The summed E-state index contributed by atoms with van der Waals surface area (Å²) in [6.07, 6.45) is 6.52. The molecule has 3 saturated carbocycles. The number of aryl methyl sites for hydroxylation is 1. The lowest BCUT2D eigenvalue weighted by molar-refractivity contribution is -0.154. The second-order valence-electron chi connectivity index (χ2n) is 16.2. The average molecular weight is 770 g/mol. The molecule has 2 heterocycles. The number of aromatic nitrogens is 2. The van der Waals surface area contributed by atoms with Gasteiger partial charge in [0.1, 0.15) is 18.2 Å². The maximum atomic E-state index is 14.6. The Morgan fingerprint density at radius 3 is 2.49 bits per heavy atom. The second kappa shape index (κ2) is 15.1. The van der Waals surface area contributed by atoms with E-state index in [0.717, 1.165) is 19.3 Å². The number of anilines is 2. The number of halogens is 1. The van der Waals surface area contributed by atoms with Crippen molar-refractivity contribution in [1.29, 1.82) is 5.26 Å². The Labute approximate surface area is 324 Å². The Morgan fingerprint density at radius 1 is 1.16 bits per heavy atom. The number of hydrogen-bond acceptors (Lipinski definition) is 12. The summed E-state index contributed by atoms with van der Waals surface area (Å²) in [5.41, 5.74) is 14.4. The fraction of sp³-hybridized carbons (Fsp3) is 0.425. The smallest absolute Gasteiger partial charge is 0.418 e. The molecular formula is C40H48ClN9O5. The first-order valence-electron chi connectivity index (χ1n) is 18.2. The first-order valence-corrected chi connectivity index (χ1v) is 18.6. The number of amides is 1. The lowest BCUT2D eigenvalue weighted by Crippen LogP contribution is -2.68. The van der Waals surface area contributed by atoms with Gasteiger partial charge < -0.3 is 35.8 Å². The van der Waals surface area contributed by atoms with Crippen LogP contribution in [0.25, 0.3) is 21.7 Å². The topological polar surface area (TPSA) is 208 Å². The number of fused-ring (bicyclic) bond motifs is 2. The maximum Gasteiger partial charge on any atom is 0.418 e. The Balaban J connectivity index is 1.57. The molecule has 2 aromatic heterocycles. The van der Waals surface area contributed by atoms with Gasteiger partial charge in [0.15, 0.2) is 0 Å². The van der Waals surface area contributed by atoms with Gasteiger partial charge >= 0.3 is 12.1 Å². The van der Waals surface area contributed by atoms with E-state index in [9.17, 15) is 19.6 Å². The van der Waals surface area contributed by atoms with E-state index >= 15 is 0 Å². The number of ether oxygens (including phenoxy) is 2. The second-order valence-corrected chi connectivity index (χ2v) is 16.6. The summed E-state index contributed by atoms with van der Waals surface area (Å²) in [6, 6.07) is 10.3. The molecule has 2 aromatic carbocycles. The molecule has 3 fully saturated rings. The molecular weight excluding hydrogens is 722 g/mol. The van der Waals surface area contributed by atoms with Crippen LogP contribution in [-0.4, -0.2) is 51.5 Å². The largest absolute Gasteiger partial charge is 0.427 e. The average Bonchev–Trinajstić information content (AvgIpc) is 3.08. The minimum atomic E-state index is -1.15. The Morgan fingerprint density at radius 2 is 1.87 bits per heavy atom. The van der Waals surface area contributed by atoms with E-state index in [2.05, 4.69) is 37.1 Å². The van der Waals surface area contributed by atoms with Crippen molar-refractivity contribution < 1.29 is 19.1 Å². The van der Waals surface area contributed by atoms with Crippen molar-refractivity contribution in [2.75, 3.05) is 23.6 Å². The van der Waals surface area contributed by atoms with Crippen LogP contribution < -0.4 is 33.1 Å². The molecule has 0 spiro atoms. The normalized spacial score (nSPS) is 18.9. The van der Waals surface area contributed by atoms with Crippen LogP contribution in [0.5, 0.6) is 0 Å². The summed E-state index contributed by atoms with van der Waals surface area (Å²) in [7, 11) is 1.65. The SMILES string of the molecule is CC(C)C(N)C(=O)OCOC(=O)N(c1cc(Cl)c2ncc(C#N)c(NCC(C)(C)C)c2c1)[C@H](/C(N)=C/N(N)C12CC(C1)C2)c1cccc2c(=O)n(C)ccc12. The van der Waals surface area contributed by atoms with Crippen molar-refractivity contribution in [3.63, 3.8) is 0 Å². The number of rotatable bonds is 12. The van der Waals surface area contributed by atoms with Gasteiger partial charge in [-0.25, -0.2) is 10.6 Å². The highest BCUT2D eigenvalue weighted by Crippen LogP contribution is 2.60. The van der Waals surface area contributed by atoms with Gasteiger partial charge in [0.25, 0.3) is 5.56 Å². The van der Waals surface area contributed by atoms with Crippen molar-refractivity contribution in [2.24, 2.45) is 41.6 Å². The number of pyridine rings is 2. The summed E-state index contributed by atoms with van der Waals surface area (Å²) >= 11 is 6.96. The van der Waals surface area contributed by atoms with E-state index in [1.807, 2.05) is 0 Å². The van der Waals surface area contributed by atoms with Crippen LogP contribution in [0, 0.1) is 28.6 Å². The molecule has 3 aliphatic rings. The molecule has 14 nitrogen and oxygen atoms in total. The third-order valence-electron chi connectivity index (χ3n) is 10.5. The van der Waals surface area contributed by atoms with E-state index in [0.29, 0.717) is 45.4 Å². The van der Waals surface area contributed by atoms with Crippen LogP contribution in [0.1, 0.15) is 71.0 Å². The van der Waals surface area contributed by atoms with Gasteiger partial charge in [0.2, 0.25) is 6.79 Å². The Kier molecular flexibility index (Phi) is 10.8. The van der Waals surface area contributed by atoms with Crippen LogP contribution >= 0.6 is 11.6 Å². The monoisotopic (exact) mass is 769 g/mol. The number of nitrogens with zero attached hydrogens (tertiary/aromatic N) is 5. The molecule has 3 aliphatic carbocycles. The molecule has 0 saturated heterocycles. The molecule has 1 unspecified atom stereocenters. The highest BCUT2D eigenvalue weighted by Gasteiger charge is 2.59. The third kappa shape index (κ3) is 7.65. The number of hydrazine groups is 1. The van der Waals surface area contributed by atoms with Gasteiger partial charge in [-0.3, -0.25) is 19.5 Å². The summed E-state index contributed by atoms with van der Waals surface area (Å²) in [5.74, 6) is 6.33. The molecule has 0 radical (unpaired) electrons. The number of esters is 1. The van der Waals surface area contributed by atoms with Gasteiger partial charge in [-0.2, -0.15) is 5.26 Å². The lowest BCUT2D eigenvalue weighted by Gasteiger charge is -2.65. The zero-order valence-electron chi connectivity index (χ0n) is 31.9. The molecule has 4 aromatic rings. The van der Waals surface area contributed by atoms with E-state index in [4.69, 9.17) is 38.4 Å². The minimum absolute atomic E-state index is 0.155. The van der Waals surface area contributed by atoms with Crippen molar-refractivity contribution in [2.45, 2.75) is 71.5 Å². The van der Waals surface area contributed by atoms with Crippen LogP contribution in [0.3, 0.4) is 0 Å². The molecule has 290 valence electrons. The number of carbonyl (C=O) groups is 2. The number of benzene rings is 2. The van der Waals surface area contributed by atoms with Crippen molar-refractivity contribution in [3.8, 4) is 6.07 Å². The molecule has 15 heteroatoms. The number of nitrogens with two attached hydrogens (primary N) is 3. The van der Waals surface area contributed by atoms with Gasteiger partial charge in [-0.05, 0) is 71.7 Å². The van der Waals surface area contributed by atoms with Crippen LogP contribution in [0.15, 0.2) is 65.5 Å². The standard InChI is InChI=1S/C40H48ClN9O5/c1-22(2)32(44)37(52)54-21-55-38(53)50(25-12-29-33(47-20-39(3,4)5)24(17-42)18-46-34(29)30(41)13-25)35(31(43)19-49(45)40-14-23(15-40)16-40)27-8-7-9-28-26(27)10-11-48(6)36(28)51/h7-13,18-19,22-23,32,35H,14-16,20-21,43-45H2,1-6H3,(H,46,47)/b31-19-/t23?,32?,35-,40?/m0/s1. The number of carbonyl (C=O) groups excluding carboxylic acids is 2. The fourth-order valence-electron chi connectivity index (χ4n) is 7.17. The third-order valence-corrected chi connectivity index (χ3v) is 10.8. The van der Waals surface area contributed by atoms with Gasteiger partial charge in [0.05, 0.1) is 38.7 Å². The number of hydrogen-bond donors (Lipinski definition) is 4. The Hall–Kier alpha value is -5.36. The predicted octanol–water partition coefficient (Wildman–Crippen LogP) is 5.77. The summed E-state index contributed by atoms with van der Waals surface area (Å²) in [5, 5.41) is 16.7. The van der Waals surface area contributed by atoms with Crippen LogP contribution in [0.4, 0.5) is 16.2 Å². The van der Waals surface area contributed by atoms with E-state index in [-0.39, 0.29) is 44.4 Å². The fourth-order valence-corrected chi connectivity index (χ4v) is 7.43. The number of nitrogens with one attached hydrogen (secondary N) is 1. The highest BCUT2D eigenvalue weighted by molar-refractivity contribution is 6.36. The number of nitriles is 1. The zero-order chi connectivity index (χ0) is 40.0. The highest BCUT2D eigenvalue weighted by atomic mass is 35.5. The van der Waals surface area contributed by atoms with Crippen molar-refractivity contribution in [3.05, 3.63) is 87.2 Å². The van der Waals surface area contributed by atoms with E-state index in [1.165, 1.54) is 15.7 Å². The van der Waals surface area contributed by atoms with Crippen molar-refractivity contribution >= 4 is 56.7 Å². The quantitative estimate of drug-likeness (QED) is 0.0587. The molecule has 0 aliphatic heterocycles. The van der Waals surface area contributed by atoms with Crippen molar-refractivity contribution in [1.82, 2.24) is 14.6 Å². The van der Waals surface area contributed by atoms with E-state index in [1.54, 1.807) is 74.7 Å². The molecule has 7 rings (SSSR count). The predicted molar refractivity (Wildman–Crippen MR) is 212 cm³/mol. The summed E-state index contributed by atoms with van der Waals surface area (Å²) in [6.45, 7) is 9.44. The first-order chi connectivity index (χ1) is 25.9. The van der Waals surface area contributed by atoms with Crippen LogP contribution in [-0.2, 0) is 21.3 Å². The molecule has 55 heavy (non-hydrogen) atoms. The Bertz CT molecular complexity index is 2280. The molecule has 1 amide bonds. The molecule has 2 atom stereocenters. The molecule has 2 bridgehead atoms. The van der Waals surface area contributed by atoms with Gasteiger partial charge in [-0.1, -0.05) is 58.4 Å². The van der Waals surface area contributed by atoms with Gasteiger partial charge in [0, 0.05) is 43.0 Å². The zero-order valence-corrected chi connectivity index (χ0v) is 32.7. The van der Waals surface area contributed by atoms with Crippen LogP contribution in [0.2, 0.25) is 5.02 Å². The van der Waals surface area contributed by atoms with Gasteiger partial charge in [-0.15, -0.1) is 0 Å². The van der Waals surface area contributed by atoms with E-state index < -0.39 is 30.9 Å². The lowest BCUT2D eigenvalue weighted by atomic mass is 9.49. The summed E-state index contributed by atoms with van der Waals surface area (Å²) < 4.78 is 12.4. The minimum Gasteiger partial charge on any atom is -0.427 e.